The summed E-state index contributed by atoms with van der Waals surface area (Å²) >= 11 is 1.53. The van der Waals surface area contributed by atoms with Crippen LogP contribution in [0.15, 0.2) is 34.9 Å². The van der Waals surface area contributed by atoms with E-state index in [0.717, 1.165) is 25.7 Å². The van der Waals surface area contributed by atoms with Crippen molar-refractivity contribution in [1.82, 2.24) is 16.0 Å². The molecule has 0 radical (unpaired) electrons. The number of thioether (sulfide) groups is 1. The highest BCUT2D eigenvalue weighted by atomic mass is 32.2. The summed E-state index contributed by atoms with van der Waals surface area (Å²) in [6.45, 7) is 17.0. The summed E-state index contributed by atoms with van der Waals surface area (Å²) < 4.78 is 0. The Morgan fingerprint density at radius 2 is 1.32 bits per heavy atom. The first-order chi connectivity index (χ1) is 18.7. The summed E-state index contributed by atoms with van der Waals surface area (Å²) in [5.74, 6) is -1.98. The number of nitrogens with one attached hydrogen (secondary N) is 3. The molecule has 0 rings (SSSR count). The molecule has 0 unspecified atom stereocenters. The Balaban J connectivity index is 5.05. The van der Waals surface area contributed by atoms with Crippen LogP contribution in [0.2, 0.25) is 0 Å². The number of rotatable bonds is 19. The van der Waals surface area contributed by atoms with Crippen LogP contribution >= 0.6 is 11.8 Å². The van der Waals surface area contributed by atoms with Crippen molar-refractivity contribution in [1.29, 1.82) is 0 Å². The summed E-state index contributed by atoms with van der Waals surface area (Å²) in [5, 5.41) is 17.5. The predicted octanol–water partition coefficient (Wildman–Crippen LogP) is 5.40. The number of carboxylic acid groups (broad SMARTS) is 1. The summed E-state index contributed by atoms with van der Waals surface area (Å²) in [5.41, 5.74) is 4.02. The highest BCUT2D eigenvalue weighted by Gasteiger charge is 2.32. The van der Waals surface area contributed by atoms with Gasteiger partial charge in [0.05, 0.1) is 0 Å². The average molecular weight is 580 g/mol. The van der Waals surface area contributed by atoms with E-state index in [-0.39, 0.29) is 17.7 Å². The van der Waals surface area contributed by atoms with Crippen LogP contribution in [0.25, 0.3) is 0 Å². The van der Waals surface area contributed by atoms with Gasteiger partial charge in [-0.25, -0.2) is 4.79 Å². The van der Waals surface area contributed by atoms with Gasteiger partial charge in [0.25, 0.3) is 0 Å². The topological polar surface area (TPSA) is 125 Å². The van der Waals surface area contributed by atoms with E-state index >= 15 is 0 Å². The van der Waals surface area contributed by atoms with Crippen LogP contribution in [0.1, 0.15) is 94.4 Å². The molecule has 0 aliphatic carbocycles. The van der Waals surface area contributed by atoms with Crippen LogP contribution in [0.5, 0.6) is 0 Å². The Morgan fingerprint density at radius 3 is 1.82 bits per heavy atom. The third kappa shape index (κ3) is 16.5. The van der Waals surface area contributed by atoms with E-state index in [4.69, 9.17) is 0 Å². The minimum absolute atomic E-state index is 0.266. The van der Waals surface area contributed by atoms with Gasteiger partial charge in [-0.3, -0.25) is 14.4 Å². The van der Waals surface area contributed by atoms with Crippen LogP contribution in [-0.4, -0.2) is 58.4 Å². The van der Waals surface area contributed by atoms with Gasteiger partial charge in [-0.1, -0.05) is 69.1 Å². The molecule has 4 N–H and O–H groups in total. The molecular weight excluding hydrogens is 526 g/mol. The maximum absolute atomic E-state index is 13.1. The summed E-state index contributed by atoms with van der Waals surface area (Å²) in [4.78, 5) is 49.5. The first-order valence-electron chi connectivity index (χ1n) is 14.3. The smallest absolute Gasteiger partial charge is 0.326 e. The second kappa shape index (κ2) is 20.3. The van der Waals surface area contributed by atoms with Crippen molar-refractivity contribution in [2.75, 3.05) is 11.5 Å². The second-order valence-corrected chi connectivity index (χ2v) is 12.3. The van der Waals surface area contributed by atoms with Crippen molar-refractivity contribution in [2.45, 2.75) is 113 Å². The largest absolute Gasteiger partial charge is 0.480 e. The lowest BCUT2D eigenvalue weighted by molar-refractivity contribution is -0.144. The molecule has 0 heterocycles. The molecule has 8 nitrogen and oxygen atoms in total. The minimum atomic E-state index is -1.11. The summed E-state index contributed by atoms with van der Waals surface area (Å²) in [7, 11) is 0. The van der Waals surface area contributed by atoms with E-state index in [1.165, 1.54) is 35.4 Å². The number of hydrogen-bond acceptors (Lipinski definition) is 5. The quantitative estimate of drug-likeness (QED) is 0.120. The number of carbonyl (C=O) groups is 4. The zero-order chi connectivity index (χ0) is 30.8. The molecule has 9 heteroatoms. The molecule has 0 aromatic heterocycles. The van der Waals surface area contributed by atoms with Gasteiger partial charge in [0.2, 0.25) is 17.7 Å². The second-order valence-electron chi connectivity index (χ2n) is 11.2. The van der Waals surface area contributed by atoms with Gasteiger partial charge >= 0.3 is 5.97 Å². The van der Waals surface area contributed by atoms with E-state index in [9.17, 15) is 24.3 Å². The fourth-order valence-corrected chi connectivity index (χ4v) is 4.88. The lowest BCUT2D eigenvalue weighted by atomic mass is 9.97. The molecule has 0 aliphatic heterocycles. The third-order valence-corrected chi connectivity index (χ3v) is 7.65. The highest BCUT2D eigenvalue weighted by molar-refractivity contribution is 7.99. The normalized spacial score (nSPS) is 15.1. The lowest BCUT2D eigenvalue weighted by Gasteiger charge is -2.27. The van der Waals surface area contributed by atoms with E-state index in [2.05, 4.69) is 61.9 Å². The molecule has 4 atom stereocenters. The summed E-state index contributed by atoms with van der Waals surface area (Å²) in [6.07, 6.45) is 11.4. The zero-order valence-corrected chi connectivity index (χ0v) is 26.9. The van der Waals surface area contributed by atoms with Crippen molar-refractivity contribution in [2.24, 2.45) is 11.8 Å². The number of aliphatic carboxylic acids is 1. The van der Waals surface area contributed by atoms with Crippen molar-refractivity contribution in [3.05, 3.63) is 34.9 Å². The average Bonchev–Trinajstić information content (AvgIpc) is 2.85. The molecule has 0 aromatic carbocycles. The van der Waals surface area contributed by atoms with Gasteiger partial charge in [-0.2, -0.15) is 11.8 Å². The first kappa shape index (κ1) is 37.5. The van der Waals surface area contributed by atoms with Crippen LogP contribution in [-0.2, 0) is 19.2 Å². The molecule has 0 spiro atoms. The monoisotopic (exact) mass is 579 g/mol. The number of carbonyl (C=O) groups excluding carboxylic acids is 3. The molecule has 0 saturated heterocycles. The van der Waals surface area contributed by atoms with Gasteiger partial charge in [-0.15, -0.1) is 0 Å². The standard InChI is InChI=1S/C31H53N3O5S/c1-10-24(8)28(31(38)39)34-30(37)27(21(4)5)33-29(36)26(32-25(9)35)19-40-18-17-23(7)16-12-15-22(6)14-11-13-20(2)3/h13,15,17,21,24,26-28H,10-12,14,16,18-19H2,1-9H3,(H,32,35)(H,33,36)(H,34,37)(H,38,39)/b22-15+,23-17+/t24-,26+,27-,28-/m0/s1. The van der Waals surface area contributed by atoms with Crippen molar-refractivity contribution in [3.8, 4) is 0 Å². The molecule has 0 fully saturated rings. The Kier molecular flexibility index (Phi) is 19.0. The van der Waals surface area contributed by atoms with E-state index in [1.54, 1.807) is 20.8 Å². The number of allylic oxidation sites excluding steroid dienone is 5. The highest BCUT2D eigenvalue weighted by Crippen LogP contribution is 2.14. The molecule has 228 valence electrons. The number of amides is 3. The van der Waals surface area contributed by atoms with E-state index in [0.29, 0.717) is 17.9 Å². The third-order valence-electron chi connectivity index (χ3n) is 6.67. The molecule has 40 heavy (non-hydrogen) atoms. The van der Waals surface area contributed by atoms with Crippen molar-refractivity contribution < 1.29 is 24.3 Å². The molecule has 0 aliphatic rings. The van der Waals surface area contributed by atoms with Gasteiger partial charge in [0.1, 0.15) is 18.1 Å². The Bertz CT molecular complexity index is 922. The Hall–Kier alpha value is -2.55. The van der Waals surface area contributed by atoms with E-state index < -0.39 is 35.9 Å². The Morgan fingerprint density at radius 1 is 0.775 bits per heavy atom. The zero-order valence-electron chi connectivity index (χ0n) is 26.1. The first-order valence-corrected chi connectivity index (χ1v) is 15.5. The van der Waals surface area contributed by atoms with Gasteiger partial charge < -0.3 is 21.1 Å². The predicted molar refractivity (Wildman–Crippen MR) is 166 cm³/mol. The molecule has 0 bridgehead atoms. The molecule has 3 amide bonds. The van der Waals surface area contributed by atoms with Gasteiger partial charge in [0, 0.05) is 18.4 Å². The van der Waals surface area contributed by atoms with Gasteiger partial charge in [-0.05, 0) is 65.2 Å². The Labute approximate surface area is 246 Å². The maximum Gasteiger partial charge on any atom is 0.326 e. The van der Waals surface area contributed by atoms with Crippen molar-refractivity contribution in [3.63, 3.8) is 0 Å². The van der Waals surface area contributed by atoms with Crippen LogP contribution in [0.4, 0.5) is 0 Å². The number of hydrogen-bond donors (Lipinski definition) is 4. The summed E-state index contributed by atoms with van der Waals surface area (Å²) in [6, 6.07) is -2.80. The van der Waals surface area contributed by atoms with Crippen LogP contribution in [0, 0.1) is 11.8 Å². The minimum Gasteiger partial charge on any atom is -0.480 e. The fraction of sp³-hybridized carbons (Fsp3) is 0.677. The van der Waals surface area contributed by atoms with Crippen LogP contribution in [0.3, 0.4) is 0 Å². The lowest BCUT2D eigenvalue weighted by Crippen LogP contribution is -2.58. The fourth-order valence-electron chi connectivity index (χ4n) is 3.87. The molecule has 0 saturated carbocycles. The van der Waals surface area contributed by atoms with Crippen molar-refractivity contribution >= 4 is 35.5 Å². The molecule has 0 aromatic rings. The maximum atomic E-state index is 13.1. The van der Waals surface area contributed by atoms with E-state index in [1.807, 2.05) is 6.92 Å². The SMILES string of the molecule is CC[C@H](C)[C@H](NC(=O)[C@@H](NC(=O)[C@@H](CSC/C=C(\C)CC/C=C(\C)CCC=C(C)C)NC(C)=O)C(C)C)C(=O)O. The number of carboxylic acids is 1. The van der Waals surface area contributed by atoms with Gasteiger partial charge in [0.15, 0.2) is 0 Å². The molecular formula is C31H53N3O5S. The van der Waals surface area contributed by atoms with Crippen LogP contribution < -0.4 is 16.0 Å².